The van der Waals surface area contributed by atoms with Gasteiger partial charge in [-0.2, -0.15) is 0 Å². The molecule has 3 heteroatoms. The molecular weight excluding hydrogens is 259 g/mol. The molecule has 0 N–H and O–H groups in total. The van der Waals surface area contributed by atoms with Crippen LogP contribution in [0.2, 0.25) is 5.82 Å². The molecular formula is C11H14OSSe. The first-order chi connectivity index (χ1) is 6.86. The molecule has 14 heavy (non-hydrogen) atoms. The average molecular weight is 273 g/mol. The fraction of sp³-hybridized carbons (Fsp3) is 0.273. The number of hydrogen-bond acceptors (Lipinski definition) is 2. The predicted molar refractivity (Wildman–Crippen MR) is 63.9 cm³/mol. The second-order valence-corrected chi connectivity index (χ2v) is 5.35. The zero-order valence-electron chi connectivity index (χ0n) is 8.40. The first-order valence-electron chi connectivity index (χ1n) is 4.30. The normalized spacial score (nSPS) is 11.7. The first-order valence-corrected chi connectivity index (χ1v) is 7.82. The van der Waals surface area contributed by atoms with Crippen LogP contribution in [0.4, 0.5) is 0 Å². The molecule has 0 fully saturated rings. The third-order valence-corrected chi connectivity index (χ3v) is 3.96. The van der Waals surface area contributed by atoms with Gasteiger partial charge in [-0.1, -0.05) is 0 Å². The van der Waals surface area contributed by atoms with Gasteiger partial charge in [-0.3, -0.25) is 0 Å². The zero-order chi connectivity index (χ0) is 10.2. The van der Waals surface area contributed by atoms with Gasteiger partial charge in [0, 0.05) is 0 Å². The topological polar surface area (TPSA) is 9.23 Å². The fourth-order valence-electron chi connectivity index (χ4n) is 1.00. The Labute approximate surface area is 96.1 Å². The van der Waals surface area contributed by atoms with Crippen molar-refractivity contribution >= 4 is 26.7 Å². The molecule has 0 aliphatic heterocycles. The van der Waals surface area contributed by atoms with Crippen molar-refractivity contribution in [1.82, 2.24) is 0 Å². The minimum absolute atomic E-state index is 0.565. The van der Waals surface area contributed by atoms with Gasteiger partial charge in [0.15, 0.2) is 0 Å². The molecule has 0 aliphatic carbocycles. The standard InChI is InChI=1S/C11H14OSSe/c1-12-8-11(9-14-2)13-10-6-4-3-5-7-10/h3-7,9H,8H2,1-2H3/b11-9-. The van der Waals surface area contributed by atoms with Gasteiger partial charge in [-0.25, -0.2) is 0 Å². The van der Waals surface area contributed by atoms with Gasteiger partial charge < -0.3 is 0 Å². The van der Waals surface area contributed by atoms with Crippen molar-refractivity contribution in [3.63, 3.8) is 0 Å². The Morgan fingerprint density at radius 2 is 2.14 bits per heavy atom. The molecule has 1 aromatic carbocycles. The van der Waals surface area contributed by atoms with Crippen molar-refractivity contribution in [2.75, 3.05) is 13.7 Å². The maximum atomic E-state index is 5.15. The van der Waals surface area contributed by atoms with E-state index in [2.05, 4.69) is 35.1 Å². The molecule has 0 heterocycles. The molecule has 0 radical (unpaired) electrons. The van der Waals surface area contributed by atoms with E-state index in [9.17, 15) is 0 Å². The summed E-state index contributed by atoms with van der Waals surface area (Å²) in [6, 6.07) is 10.4. The van der Waals surface area contributed by atoms with Crippen LogP contribution in [0.25, 0.3) is 0 Å². The molecule has 0 unspecified atom stereocenters. The summed E-state index contributed by atoms with van der Waals surface area (Å²) in [6.45, 7) is 0.717. The van der Waals surface area contributed by atoms with E-state index in [1.165, 1.54) is 9.80 Å². The van der Waals surface area contributed by atoms with E-state index < -0.39 is 0 Å². The summed E-state index contributed by atoms with van der Waals surface area (Å²) in [5.74, 6) is 2.20. The Morgan fingerprint density at radius 1 is 1.43 bits per heavy atom. The summed E-state index contributed by atoms with van der Waals surface area (Å²) >= 11 is 2.35. The van der Waals surface area contributed by atoms with E-state index in [0.29, 0.717) is 15.0 Å². The van der Waals surface area contributed by atoms with E-state index in [0.717, 1.165) is 6.61 Å². The third-order valence-electron chi connectivity index (χ3n) is 1.53. The van der Waals surface area contributed by atoms with Gasteiger partial charge in [0.2, 0.25) is 0 Å². The summed E-state index contributed by atoms with van der Waals surface area (Å²) in [5.41, 5.74) is 0. The van der Waals surface area contributed by atoms with Crippen molar-refractivity contribution in [3.05, 3.63) is 40.2 Å². The summed E-state index contributed by atoms with van der Waals surface area (Å²) in [7, 11) is 1.74. The van der Waals surface area contributed by atoms with Crippen molar-refractivity contribution in [3.8, 4) is 0 Å². The van der Waals surface area contributed by atoms with Gasteiger partial charge in [-0.15, -0.1) is 0 Å². The first kappa shape index (κ1) is 11.9. The van der Waals surface area contributed by atoms with E-state index in [4.69, 9.17) is 4.74 Å². The summed E-state index contributed by atoms with van der Waals surface area (Å²) < 4.78 is 5.15. The predicted octanol–water partition coefficient (Wildman–Crippen LogP) is 3.02. The second kappa shape index (κ2) is 7.13. The van der Waals surface area contributed by atoms with Crippen molar-refractivity contribution in [1.29, 1.82) is 0 Å². The van der Waals surface area contributed by atoms with Crippen molar-refractivity contribution < 1.29 is 4.74 Å². The quantitative estimate of drug-likeness (QED) is 0.602. The van der Waals surface area contributed by atoms with E-state index in [1.807, 2.05) is 6.07 Å². The average Bonchev–Trinajstić information content (AvgIpc) is 2.20. The van der Waals surface area contributed by atoms with Crippen LogP contribution >= 0.6 is 11.8 Å². The van der Waals surface area contributed by atoms with Crippen LogP contribution < -0.4 is 0 Å². The number of rotatable bonds is 5. The zero-order valence-corrected chi connectivity index (χ0v) is 10.9. The molecule has 1 aromatic rings. The second-order valence-electron chi connectivity index (χ2n) is 2.67. The van der Waals surface area contributed by atoms with Crippen LogP contribution in [0, 0.1) is 0 Å². The van der Waals surface area contributed by atoms with Crippen molar-refractivity contribution in [2.24, 2.45) is 0 Å². The molecule has 1 nitrogen and oxygen atoms in total. The van der Waals surface area contributed by atoms with Crippen LogP contribution in [-0.4, -0.2) is 28.7 Å². The summed E-state index contributed by atoms with van der Waals surface area (Å²) in [5, 5.41) is 0. The molecule has 76 valence electrons. The van der Waals surface area contributed by atoms with E-state index in [-0.39, 0.29) is 0 Å². The number of ether oxygens (including phenoxy) is 1. The molecule has 0 atom stereocenters. The molecule has 0 spiro atoms. The number of hydrogen-bond donors (Lipinski definition) is 0. The van der Waals surface area contributed by atoms with Crippen molar-refractivity contribution in [2.45, 2.75) is 10.7 Å². The molecule has 0 saturated carbocycles. The monoisotopic (exact) mass is 274 g/mol. The number of thioether (sulfide) groups is 1. The fourth-order valence-corrected chi connectivity index (χ4v) is 3.32. The molecule has 0 aliphatic rings. The number of methoxy groups -OCH3 is 1. The van der Waals surface area contributed by atoms with Crippen LogP contribution in [0.5, 0.6) is 0 Å². The SMILES string of the molecule is COC/C(=C/[Se]C)Sc1ccccc1. The van der Waals surface area contributed by atoms with Gasteiger partial charge >= 0.3 is 96.1 Å². The van der Waals surface area contributed by atoms with Crippen LogP contribution in [0.1, 0.15) is 0 Å². The van der Waals surface area contributed by atoms with Gasteiger partial charge in [0.05, 0.1) is 0 Å². The van der Waals surface area contributed by atoms with Crippen LogP contribution in [0.15, 0.2) is 45.1 Å². The Kier molecular flexibility index (Phi) is 6.04. The van der Waals surface area contributed by atoms with Crippen LogP contribution in [0.3, 0.4) is 0 Å². The molecule has 0 bridgehead atoms. The molecule has 0 amide bonds. The molecule has 1 rings (SSSR count). The Bertz CT molecular complexity index is 285. The maximum absolute atomic E-state index is 5.15. The Hall–Kier alpha value is -0.211. The number of benzene rings is 1. The summed E-state index contributed by atoms with van der Waals surface area (Å²) in [4.78, 5) is 4.86. The Balaban J connectivity index is 2.60. The van der Waals surface area contributed by atoms with E-state index in [1.54, 1.807) is 18.9 Å². The molecule has 0 aromatic heterocycles. The third kappa shape index (κ3) is 4.34. The minimum atomic E-state index is 0.565. The van der Waals surface area contributed by atoms with Gasteiger partial charge in [0.1, 0.15) is 0 Å². The van der Waals surface area contributed by atoms with Gasteiger partial charge in [-0.05, 0) is 0 Å². The van der Waals surface area contributed by atoms with E-state index >= 15 is 0 Å². The van der Waals surface area contributed by atoms with Gasteiger partial charge in [0.25, 0.3) is 0 Å². The summed E-state index contributed by atoms with van der Waals surface area (Å²) in [6.07, 6.45) is 0. The van der Waals surface area contributed by atoms with Crippen LogP contribution in [-0.2, 0) is 4.74 Å². The Morgan fingerprint density at radius 3 is 2.71 bits per heavy atom. The molecule has 0 saturated heterocycles.